The van der Waals surface area contributed by atoms with Crippen molar-refractivity contribution in [3.8, 4) is 11.1 Å². The summed E-state index contributed by atoms with van der Waals surface area (Å²) in [6, 6.07) is 25.1. The molecule has 3 aromatic rings. The first-order chi connectivity index (χ1) is 14.7. The van der Waals surface area contributed by atoms with Crippen LogP contribution in [0.15, 0.2) is 66.7 Å². The van der Waals surface area contributed by atoms with Gasteiger partial charge in [0, 0.05) is 22.4 Å². The van der Waals surface area contributed by atoms with E-state index in [2.05, 4.69) is 79.0 Å². The molecular weight excluding hydrogens is 362 g/mol. The van der Waals surface area contributed by atoms with E-state index in [1.54, 1.807) is 11.1 Å². The van der Waals surface area contributed by atoms with Gasteiger partial charge in [-0.15, -0.1) is 0 Å². The van der Waals surface area contributed by atoms with Gasteiger partial charge in [0.15, 0.2) is 0 Å². The second-order valence-electron chi connectivity index (χ2n) is 10.4. The first-order valence-electron chi connectivity index (χ1n) is 11.8. The first-order valence-corrected chi connectivity index (χ1v) is 11.8. The summed E-state index contributed by atoms with van der Waals surface area (Å²) in [5.41, 5.74) is 10.3. The molecule has 1 spiro atoms. The molecule has 0 amide bonds. The molecule has 0 heterocycles. The molecule has 8 rings (SSSR count). The Kier molecular flexibility index (Phi) is 3.44. The van der Waals surface area contributed by atoms with E-state index >= 15 is 0 Å². The molecule has 0 aromatic heterocycles. The van der Waals surface area contributed by atoms with Gasteiger partial charge in [0.25, 0.3) is 0 Å². The van der Waals surface area contributed by atoms with Crippen molar-refractivity contribution in [3.63, 3.8) is 0 Å². The molecule has 5 aliphatic rings. The summed E-state index contributed by atoms with van der Waals surface area (Å²) in [5.74, 6) is 3.62. The van der Waals surface area contributed by atoms with Crippen LogP contribution >= 0.6 is 0 Å². The van der Waals surface area contributed by atoms with E-state index in [4.69, 9.17) is 0 Å². The lowest BCUT2D eigenvalue weighted by molar-refractivity contribution is -0.0399. The summed E-state index contributed by atoms with van der Waals surface area (Å²) in [4.78, 5) is 0. The maximum Gasteiger partial charge on any atom is 0.0467 e. The third-order valence-electron chi connectivity index (χ3n) is 8.99. The van der Waals surface area contributed by atoms with Crippen LogP contribution in [0.4, 0.5) is 11.4 Å². The van der Waals surface area contributed by atoms with Crippen LogP contribution < -0.4 is 5.32 Å². The van der Waals surface area contributed by atoms with Crippen LogP contribution in [-0.4, -0.2) is 0 Å². The monoisotopic (exact) mass is 391 g/mol. The smallest absolute Gasteiger partial charge is 0.0467 e. The third kappa shape index (κ3) is 2.09. The number of fused-ring (bicyclic) bond motifs is 3. The molecule has 4 bridgehead atoms. The summed E-state index contributed by atoms with van der Waals surface area (Å²) < 4.78 is 0. The van der Waals surface area contributed by atoms with Crippen LogP contribution in [-0.2, 0) is 5.41 Å². The summed E-state index contributed by atoms with van der Waals surface area (Å²) in [7, 11) is 0. The van der Waals surface area contributed by atoms with E-state index in [9.17, 15) is 0 Å². The maximum atomic E-state index is 3.82. The molecule has 150 valence electrons. The Morgan fingerprint density at radius 2 is 1.30 bits per heavy atom. The Hall–Kier alpha value is -2.54. The predicted molar refractivity (Wildman–Crippen MR) is 124 cm³/mol. The van der Waals surface area contributed by atoms with Gasteiger partial charge in [0.05, 0.1) is 0 Å². The Morgan fingerprint density at radius 3 is 2.07 bits per heavy atom. The van der Waals surface area contributed by atoms with Crippen molar-refractivity contribution in [3.05, 3.63) is 83.4 Å². The van der Waals surface area contributed by atoms with Gasteiger partial charge in [-0.05, 0) is 97.1 Å². The average Bonchev–Trinajstić information content (AvgIpc) is 3.05. The van der Waals surface area contributed by atoms with Gasteiger partial charge in [-0.2, -0.15) is 0 Å². The fourth-order valence-corrected chi connectivity index (χ4v) is 8.16. The second-order valence-corrected chi connectivity index (χ2v) is 10.4. The zero-order valence-corrected chi connectivity index (χ0v) is 17.7. The number of para-hydroxylation sites is 1. The molecule has 1 nitrogen and oxygen atoms in total. The van der Waals surface area contributed by atoms with Crippen LogP contribution in [0.2, 0.25) is 0 Å². The van der Waals surface area contributed by atoms with Gasteiger partial charge < -0.3 is 5.32 Å². The summed E-state index contributed by atoms with van der Waals surface area (Å²) in [6.45, 7) is 2.19. The van der Waals surface area contributed by atoms with E-state index in [0.29, 0.717) is 0 Å². The first kappa shape index (κ1) is 17.2. The molecule has 0 radical (unpaired) electrons. The minimum atomic E-state index is 0.253. The minimum absolute atomic E-state index is 0.253. The molecule has 0 aliphatic heterocycles. The van der Waals surface area contributed by atoms with Gasteiger partial charge in [0.2, 0.25) is 0 Å². The molecule has 4 saturated carbocycles. The quantitative estimate of drug-likeness (QED) is 0.478. The third-order valence-corrected chi connectivity index (χ3v) is 8.99. The molecule has 0 atom stereocenters. The standard InChI is InChI=1S/C29H29N/c1-18-7-2-5-11-26(18)30-27-12-6-10-25-28(27)23-8-3-4-9-24(23)29(25)21-14-19-13-20(16-21)17-22(29)15-19/h2-12,19-22,30H,13-17H2,1H3. The second kappa shape index (κ2) is 6.00. The number of benzene rings is 3. The van der Waals surface area contributed by atoms with Crippen molar-refractivity contribution in [1.82, 2.24) is 0 Å². The highest BCUT2D eigenvalue weighted by Crippen LogP contribution is 2.69. The molecule has 0 saturated heterocycles. The molecule has 4 fully saturated rings. The topological polar surface area (TPSA) is 12.0 Å². The predicted octanol–water partition coefficient (Wildman–Crippen LogP) is 7.46. The average molecular weight is 392 g/mol. The lowest BCUT2D eigenvalue weighted by atomic mass is 9.43. The minimum Gasteiger partial charge on any atom is -0.355 e. The van der Waals surface area contributed by atoms with Crippen LogP contribution in [0.3, 0.4) is 0 Å². The number of rotatable bonds is 2. The molecule has 1 N–H and O–H groups in total. The Morgan fingerprint density at radius 1 is 0.667 bits per heavy atom. The lowest BCUT2D eigenvalue weighted by Gasteiger charge is -2.61. The largest absolute Gasteiger partial charge is 0.355 e. The van der Waals surface area contributed by atoms with Crippen molar-refractivity contribution in [2.75, 3.05) is 5.32 Å². The van der Waals surface area contributed by atoms with E-state index in [1.165, 1.54) is 60.2 Å². The van der Waals surface area contributed by atoms with Crippen LogP contribution in [0.25, 0.3) is 11.1 Å². The lowest BCUT2D eigenvalue weighted by Crippen LogP contribution is -2.55. The summed E-state index contributed by atoms with van der Waals surface area (Å²) in [6.07, 6.45) is 7.27. The zero-order chi connectivity index (χ0) is 19.9. The Labute approximate surface area is 179 Å². The molecule has 1 heteroatoms. The highest BCUT2D eigenvalue weighted by atomic mass is 14.9. The maximum absolute atomic E-state index is 3.82. The Balaban J connectivity index is 1.46. The number of hydrogen-bond donors (Lipinski definition) is 1. The van der Waals surface area contributed by atoms with Gasteiger partial charge in [-0.25, -0.2) is 0 Å². The van der Waals surface area contributed by atoms with Gasteiger partial charge in [0.1, 0.15) is 0 Å². The fraction of sp³-hybridized carbons (Fsp3) is 0.379. The number of hydrogen-bond acceptors (Lipinski definition) is 1. The van der Waals surface area contributed by atoms with Gasteiger partial charge >= 0.3 is 0 Å². The zero-order valence-electron chi connectivity index (χ0n) is 17.7. The number of anilines is 2. The van der Waals surface area contributed by atoms with Crippen LogP contribution in [0.1, 0.15) is 48.8 Å². The van der Waals surface area contributed by atoms with Crippen molar-refractivity contribution in [2.45, 2.75) is 44.4 Å². The highest BCUT2D eigenvalue weighted by Gasteiger charge is 2.61. The molecule has 5 aliphatic carbocycles. The highest BCUT2D eigenvalue weighted by molar-refractivity contribution is 5.92. The fourth-order valence-electron chi connectivity index (χ4n) is 8.16. The van der Waals surface area contributed by atoms with Gasteiger partial charge in [-0.3, -0.25) is 0 Å². The molecule has 30 heavy (non-hydrogen) atoms. The van der Waals surface area contributed by atoms with Crippen molar-refractivity contribution >= 4 is 11.4 Å². The van der Waals surface area contributed by atoms with Crippen molar-refractivity contribution < 1.29 is 0 Å². The van der Waals surface area contributed by atoms with Gasteiger partial charge in [-0.1, -0.05) is 54.6 Å². The van der Waals surface area contributed by atoms with Crippen LogP contribution in [0.5, 0.6) is 0 Å². The summed E-state index contributed by atoms with van der Waals surface area (Å²) >= 11 is 0. The molecular formula is C29H29N. The summed E-state index contributed by atoms with van der Waals surface area (Å²) in [5, 5.41) is 3.82. The van der Waals surface area contributed by atoms with E-state index < -0.39 is 0 Å². The number of aryl methyl sites for hydroxylation is 1. The van der Waals surface area contributed by atoms with E-state index in [-0.39, 0.29) is 5.41 Å². The van der Waals surface area contributed by atoms with E-state index in [1.807, 2.05) is 0 Å². The van der Waals surface area contributed by atoms with Crippen LogP contribution in [0, 0.1) is 30.6 Å². The van der Waals surface area contributed by atoms with Crippen molar-refractivity contribution in [2.24, 2.45) is 23.7 Å². The Bertz CT molecular complexity index is 1130. The number of nitrogens with one attached hydrogen (secondary N) is 1. The van der Waals surface area contributed by atoms with Crippen molar-refractivity contribution in [1.29, 1.82) is 0 Å². The molecule has 3 aromatic carbocycles. The SMILES string of the molecule is Cc1ccccc1Nc1cccc2c1-c1ccccc1C21C2CC3CC(C2)CC1C3. The molecule has 0 unspecified atom stereocenters. The van der Waals surface area contributed by atoms with E-state index in [0.717, 1.165) is 23.7 Å². The normalized spacial score (nSPS) is 32.3.